The lowest BCUT2D eigenvalue weighted by Crippen LogP contribution is -2.36. The Kier molecular flexibility index (Phi) is 4.90. The molecule has 18 heavy (non-hydrogen) atoms. The third-order valence-electron chi connectivity index (χ3n) is 3.11. The van der Waals surface area contributed by atoms with E-state index in [1.165, 1.54) is 40.7 Å². The third kappa shape index (κ3) is 3.80. The molecule has 0 bridgehead atoms. The van der Waals surface area contributed by atoms with Crippen molar-refractivity contribution in [3.63, 3.8) is 0 Å². The van der Waals surface area contributed by atoms with E-state index in [-0.39, 0.29) is 0 Å². The lowest BCUT2D eigenvalue weighted by Gasteiger charge is -2.13. The van der Waals surface area contributed by atoms with Gasteiger partial charge in [-0.15, -0.1) is 0 Å². The Morgan fingerprint density at radius 1 is 1.06 bits per heavy atom. The summed E-state index contributed by atoms with van der Waals surface area (Å²) in [6.45, 7) is 6.63. The lowest BCUT2D eigenvalue weighted by molar-refractivity contribution is 0.506. The highest BCUT2D eigenvalue weighted by Gasteiger charge is 2.12. The molecule has 1 rings (SSSR count). The number of aryl methyl sites for hydroxylation is 3. The number of nitrogens with one attached hydrogen (secondary N) is 1. The Balaban J connectivity index is 2.68. The van der Waals surface area contributed by atoms with Crippen molar-refractivity contribution in [3.05, 3.63) is 34.4 Å². The molecule has 0 unspecified atom stereocenters. The fourth-order valence-corrected chi connectivity index (χ4v) is 2.35. The van der Waals surface area contributed by atoms with Gasteiger partial charge in [0, 0.05) is 20.6 Å². The van der Waals surface area contributed by atoms with Gasteiger partial charge in [0.15, 0.2) is 0 Å². The highest BCUT2D eigenvalue weighted by Crippen LogP contribution is 2.15. The topological polar surface area (TPSA) is 49.4 Å². The van der Waals surface area contributed by atoms with Crippen LogP contribution in [0.25, 0.3) is 0 Å². The second-order valence-electron chi connectivity index (χ2n) is 4.79. The van der Waals surface area contributed by atoms with Crippen molar-refractivity contribution in [1.29, 1.82) is 0 Å². The first kappa shape index (κ1) is 15.1. The van der Waals surface area contributed by atoms with Gasteiger partial charge in [-0.25, -0.2) is 4.72 Å². The average molecular weight is 270 g/mol. The highest BCUT2D eigenvalue weighted by molar-refractivity contribution is 7.87. The molecule has 0 aliphatic carbocycles. The summed E-state index contributed by atoms with van der Waals surface area (Å²) in [5.41, 5.74) is 4.91. The van der Waals surface area contributed by atoms with Gasteiger partial charge in [-0.2, -0.15) is 12.7 Å². The summed E-state index contributed by atoms with van der Waals surface area (Å²) >= 11 is 0. The first-order valence-electron chi connectivity index (χ1n) is 5.98. The number of hydrogen-bond donors (Lipinski definition) is 1. The first-order chi connectivity index (χ1) is 8.24. The SMILES string of the molecule is Cc1cc(C)c(CCNS(=O)(=O)N(C)C)cc1C. The standard InChI is InChI=1S/C13H22N2O2S/c1-10-8-12(3)13(9-11(10)2)6-7-14-18(16,17)15(4)5/h8-9,14H,6-7H2,1-5H3. The molecule has 0 atom stereocenters. The van der Waals surface area contributed by atoms with Crippen LogP contribution in [0.5, 0.6) is 0 Å². The zero-order valence-electron chi connectivity index (χ0n) is 11.7. The van der Waals surface area contributed by atoms with Crippen molar-refractivity contribution < 1.29 is 8.42 Å². The molecule has 1 aromatic carbocycles. The summed E-state index contributed by atoms with van der Waals surface area (Å²) in [4.78, 5) is 0. The Labute approximate surface area is 110 Å². The van der Waals surface area contributed by atoms with Gasteiger partial charge in [0.2, 0.25) is 0 Å². The average Bonchev–Trinajstić information content (AvgIpc) is 2.25. The molecule has 0 aliphatic rings. The van der Waals surface area contributed by atoms with Crippen LogP contribution in [0.15, 0.2) is 12.1 Å². The highest BCUT2D eigenvalue weighted by atomic mass is 32.2. The van der Waals surface area contributed by atoms with Gasteiger partial charge in [0.25, 0.3) is 10.2 Å². The van der Waals surface area contributed by atoms with E-state index < -0.39 is 10.2 Å². The molecule has 0 spiro atoms. The van der Waals surface area contributed by atoms with Gasteiger partial charge >= 0.3 is 0 Å². The van der Waals surface area contributed by atoms with E-state index in [1.807, 2.05) is 0 Å². The second-order valence-corrected chi connectivity index (χ2v) is 6.76. The fourth-order valence-electron chi connectivity index (χ4n) is 1.73. The zero-order valence-corrected chi connectivity index (χ0v) is 12.6. The quantitative estimate of drug-likeness (QED) is 0.882. The van der Waals surface area contributed by atoms with E-state index in [0.29, 0.717) is 13.0 Å². The molecule has 1 N–H and O–H groups in total. The van der Waals surface area contributed by atoms with Gasteiger partial charge in [0.05, 0.1) is 0 Å². The van der Waals surface area contributed by atoms with E-state index in [2.05, 4.69) is 37.6 Å². The summed E-state index contributed by atoms with van der Waals surface area (Å²) in [6, 6.07) is 4.28. The van der Waals surface area contributed by atoms with Crippen LogP contribution in [0.2, 0.25) is 0 Å². The maximum atomic E-state index is 11.5. The van der Waals surface area contributed by atoms with Gasteiger partial charge in [-0.3, -0.25) is 0 Å². The zero-order chi connectivity index (χ0) is 13.9. The van der Waals surface area contributed by atoms with Gasteiger partial charge in [-0.1, -0.05) is 12.1 Å². The largest absolute Gasteiger partial charge is 0.278 e. The van der Waals surface area contributed by atoms with Gasteiger partial charge in [-0.05, 0) is 49.4 Å². The lowest BCUT2D eigenvalue weighted by atomic mass is 9.99. The van der Waals surface area contributed by atoms with Crippen molar-refractivity contribution in [2.45, 2.75) is 27.2 Å². The minimum Gasteiger partial charge on any atom is -0.202 e. The summed E-state index contributed by atoms with van der Waals surface area (Å²) in [5, 5.41) is 0. The van der Waals surface area contributed by atoms with Crippen LogP contribution in [0.3, 0.4) is 0 Å². The predicted octanol–water partition coefficient (Wildman–Crippen LogP) is 1.55. The molecule has 0 saturated heterocycles. The Hall–Kier alpha value is -0.910. The molecule has 1 aromatic rings. The van der Waals surface area contributed by atoms with Gasteiger partial charge in [0.1, 0.15) is 0 Å². The first-order valence-corrected chi connectivity index (χ1v) is 7.42. The molecule has 5 heteroatoms. The molecule has 0 aromatic heterocycles. The fraction of sp³-hybridized carbons (Fsp3) is 0.538. The van der Waals surface area contributed by atoms with Gasteiger partial charge < -0.3 is 0 Å². The van der Waals surface area contributed by atoms with Crippen LogP contribution in [-0.4, -0.2) is 33.4 Å². The normalized spacial score (nSPS) is 12.1. The smallest absolute Gasteiger partial charge is 0.202 e. The molecular weight excluding hydrogens is 248 g/mol. The Morgan fingerprint density at radius 3 is 2.17 bits per heavy atom. The molecule has 102 valence electrons. The van der Waals surface area contributed by atoms with Crippen molar-refractivity contribution in [1.82, 2.24) is 9.03 Å². The van der Waals surface area contributed by atoms with Crippen LogP contribution < -0.4 is 4.72 Å². The second kappa shape index (κ2) is 5.82. The molecule has 4 nitrogen and oxygen atoms in total. The van der Waals surface area contributed by atoms with Crippen LogP contribution >= 0.6 is 0 Å². The van der Waals surface area contributed by atoms with E-state index in [4.69, 9.17) is 0 Å². The van der Waals surface area contributed by atoms with Crippen LogP contribution in [-0.2, 0) is 16.6 Å². The monoisotopic (exact) mass is 270 g/mol. The van der Waals surface area contributed by atoms with Crippen LogP contribution in [0.1, 0.15) is 22.3 Å². The Morgan fingerprint density at radius 2 is 1.61 bits per heavy atom. The minimum absolute atomic E-state index is 0.420. The third-order valence-corrected chi connectivity index (χ3v) is 4.64. The summed E-state index contributed by atoms with van der Waals surface area (Å²) in [7, 11) is -0.281. The van der Waals surface area contributed by atoms with Crippen LogP contribution in [0.4, 0.5) is 0 Å². The molecule has 0 heterocycles. The number of benzene rings is 1. The number of hydrogen-bond acceptors (Lipinski definition) is 2. The minimum atomic E-state index is -3.32. The molecule has 0 radical (unpaired) electrons. The summed E-state index contributed by atoms with van der Waals surface area (Å²) < 4.78 is 26.8. The predicted molar refractivity (Wildman–Crippen MR) is 75.0 cm³/mol. The molecule has 0 aliphatic heterocycles. The van der Waals surface area contributed by atoms with Crippen LogP contribution in [0, 0.1) is 20.8 Å². The van der Waals surface area contributed by atoms with Crippen molar-refractivity contribution in [2.24, 2.45) is 0 Å². The maximum absolute atomic E-state index is 11.5. The van der Waals surface area contributed by atoms with E-state index in [1.54, 1.807) is 0 Å². The summed E-state index contributed by atoms with van der Waals surface area (Å²) in [6.07, 6.45) is 0.708. The molecule has 0 saturated carbocycles. The molecule has 0 amide bonds. The molecule has 0 fully saturated rings. The summed E-state index contributed by atoms with van der Waals surface area (Å²) in [5.74, 6) is 0. The van der Waals surface area contributed by atoms with E-state index in [9.17, 15) is 8.42 Å². The van der Waals surface area contributed by atoms with E-state index >= 15 is 0 Å². The number of nitrogens with zero attached hydrogens (tertiary/aromatic N) is 1. The van der Waals surface area contributed by atoms with Crippen molar-refractivity contribution in [2.75, 3.05) is 20.6 Å². The maximum Gasteiger partial charge on any atom is 0.278 e. The number of rotatable bonds is 5. The van der Waals surface area contributed by atoms with Crippen molar-refractivity contribution >= 4 is 10.2 Å². The van der Waals surface area contributed by atoms with Crippen molar-refractivity contribution in [3.8, 4) is 0 Å². The molecular formula is C13H22N2O2S. The Bertz CT molecular complexity index is 522. The van der Waals surface area contributed by atoms with E-state index in [0.717, 1.165) is 0 Å².